The molecule has 1 aromatic carbocycles. The van der Waals surface area contributed by atoms with Crippen molar-refractivity contribution in [2.24, 2.45) is 5.92 Å². The van der Waals surface area contributed by atoms with E-state index in [9.17, 15) is 4.79 Å². The molecule has 0 bridgehead atoms. The van der Waals surface area contributed by atoms with E-state index in [-0.39, 0.29) is 11.8 Å². The smallest absolute Gasteiger partial charge is 0.227 e. The molecule has 1 aliphatic heterocycles. The van der Waals surface area contributed by atoms with Gasteiger partial charge in [-0.2, -0.15) is 0 Å². The monoisotopic (exact) mass is 318 g/mol. The molecule has 0 aromatic heterocycles. The van der Waals surface area contributed by atoms with Crippen molar-refractivity contribution >= 4 is 11.6 Å². The van der Waals surface area contributed by atoms with Crippen molar-refractivity contribution in [2.75, 3.05) is 25.0 Å². The second kappa shape index (κ2) is 10.3. The first-order chi connectivity index (χ1) is 11.3. The minimum Gasteiger partial charge on any atom is -0.494 e. The fraction of sp³-hybridized carbons (Fsp3) is 0.632. The Hall–Kier alpha value is -1.55. The first-order valence-electron chi connectivity index (χ1n) is 9.04. The SMILES string of the molecule is CCCCCCCOc1cccc(NC(=O)C2CCNCC2)c1. The minimum atomic E-state index is 0.124. The summed E-state index contributed by atoms with van der Waals surface area (Å²) in [5.41, 5.74) is 0.831. The van der Waals surface area contributed by atoms with E-state index in [1.165, 1.54) is 25.7 Å². The topological polar surface area (TPSA) is 50.4 Å². The molecule has 128 valence electrons. The highest BCUT2D eigenvalue weighted by atomic mass is 16.5. The van der Waals surface area contributed by atoms with Gasteiger partial charge in [0.05, 0.1) is 6.61 Å². The Morgan fingerprint density at radius 3 is 2.78 bits per heavy atom. The van der Waals surface area contributed by atoms with Crippen LogP contribution >= 0.6 is 0 Å². The molecule has 1 fully saturated rings. The van der Waals surface area contributed by atoms with Crippen LogP contribution in [0.2, 0.25) is 0 Å². The van der Waals surface area contributed by atoms with Crippen LogP contribution in [0.4, 0.5) is 5.69 Å². The lowest BCUT2D eigenvalue weighted by Gasteiger charge is -2.21. The van der Waals surface area contributed by atoms with Crippen molar-refractivity contribution in [3.63, 3.8) is 0 Å². The van der Waals surface area contributed by atoms with Crippen molar-refractivity contribution < 1.29 is 9.53 Å². The second-order valence-corrected chi connectivity index (χ2v) is 6.30. The molecular weight excluding hydrogens is 288 g/mol. The van der Waals surface area contributed by atoms with Gasteiger partial charge in [-0.25, -0.2) is 0 Å². The highest BCUT2D eigenvalue weighted by molar-refractivity contribution is 5.92. The number of amides is 1. The Balaban J connectivity index is 1.74. The molecule has 0 unspecified atom stereocenters. The standard InChI is InChI=1S/C19H30N2O2/c1-2-3-4-5-6-14-23-18-9-7-8-17(15-18)21-19(22)16-10-12-20-13-11-16/h7-9,15-16,20H,2-6,10-14H2,1H3,(H,21,22). The predicted octanol–water partition coefficient (Wildman–Crippen LogP) is 3.97. The van der Waals surface area contributed by atoms with Gasteiger partial charge in [-0.05, 0) is 44.5 Å². The fourth-order valence-electron chi connectivity index (χ4n) is 2.89. The summed E-state index contributed by atoms with van der Waals surface area (Å²) >= 11 is 0. The van der Waals surface area contributed by atoms with E-state index in [4.69, 9.17) is 4.74 Å². The van der Waals surface area contributed by atoms with Crippen LogP contribution < -0.4 is 15.4 Å². The Kier molecular flexibility index (Phi) is 7.95. The maximum atomic E-state index is 12.3. The third kappa shape index (κ3) is 6.61. The molecular formula is C19H30N2O2. The normalized spacial score (nSPS) is 15.3. The lowest BCUT2D eigenvalue weighted by atomic mass is 9.97. The molecule has 1 aromatic rings. The van der Waals surface area contributed by atoms with Crippen LogP contribution in [0.15, 0.2) is 24.3 Å². The Labute approximate surface area is 140 Å². The van der Waals surface area contributed by atoms with Gasteiger partial charge in [0.25, 0.3) is 0 Å². The number of nitrogens with one attached hydrogen (secondary N) is 2. The maximum Gasteiger partial charge on any atom is 0.227 e. The molecule has 0 radical (unpaired) electrons. The number of hydrogen-bond donors (Lipinski definition) is 2. The molecule has 4 nitrogen and oxygen atoms in total. The lowest BCUT2D eigenvalue weighted by Crippen LogP contribution is -2.34. The van der Waals surface area contributed by atoms with Gasteiger partial charge in [-0.3, -0.25) is 4.79 Å². The molecule has 2 N–H and O–H groups in total. The van der Waals surface area contributed by atoms with E-state index in [2.05, 4.69) is 17.6 Å². The Morgan fingerprint density at radius 2 is 2.00 bits per heavy atom. The van der Waals surface area contributed by atoms with Crippen molar-refractivity contribution in [1.29, 1.82) is 0 Å². The van der Waals surface area contributed by atoms with Gasteiger partial charge in [0.2, 0.25) is 5.91 Å². The number of unbranched alkanes of at least 4 members (excludes halogenated alkanes) is 4. The van der Waals surface area contributed by atoms with Crippen LogP contribution in [0.5, 0.6) is 5.75 Å². The van der Waals surface area contributed by atoms with E-state index in [1.54, 1.807) is 0 Å². The molecule has 0 aliphatic carbocycles. The van der Waals surface area contributed by atoms with Crippen molar-refractivity contribution in [2.45, 2.75) is 51.9 Å². The highest BCUT2D eigenvalue weighted by Crippen LogP contribution is 2.20. The first kappa shape index (κ1) is 17.8. The van der Waals surface area contributed by atoms with Gasteiger partial charge >= 0.3 is 0 Å². The minimum absolute atomic E-state index is 0.124. The molecule has 1 amide bonds. The first-order valence-corrected chi connectivity index (χ1v) is 9.04. The van der Waals surface area contributed by atoms with Gasteiger partial charge in [0, 0.05) is 17.7 Å². The van der Waals surface area contributed by atoms with Crippen molar-refractivity contribution in [1.82, 2.24) is 5.32 Å². The molecule has 23 heavy (non-hydrogen) atoms. The van der Waals surface area contributed by atoms with E-state index in [0.29, 0.717) is 0 Å². The summed E-state index contributed by atoms with van der Waals surface area (Å²) in [6.45, 7) is 4.83. The zero-order chi connectivity index (χ0) is 16.3. The van der Waals surface area contributed by atoms with Crippen molar-refractivity contribution in [3.8, 4) is 5.75 Å². The summed E-state index contributed by atoms with van der Waals surface area (Å²) in [5, 5.41) is 6.31. The summed E-state index contributed by atoms with van der Waals surface area (Å²) in [6, 6.07) is 7.73. The number of carbonyl (C=O) groups is 1. The van der Waals surface area contributed by atoms with E-state index < -0.39 is 0 Å². The van der Waals surface area contributed by atoms with Crippen LogP contribution in [0, 0.1) is 5.92 Å². The summed E-state index contributed by atoms with van der Waals surface area (Å²) in [5.74, 6) is 1.09. The summed E-state index contributed by atoms with van der Waals surface area (Å²) < 4.78 is 5.79. The van der Waals surface area contributed by atoms with Crippen molar-refractivity contribution in [3.05, 3.63) is 24.3 Å². The zero-order valence-corrected chi connectivity index (χ0v) is 14.3. The van der Waals surface area contributed by atoms with Gasteiger partial charge in [-0.15, -0.1) is 0 Å². The Bertz CT molecular complexity index is 470. The maximum absolute atomic E-state index is 12.3. The fourth-order valence-corrected chi connectivity index (χ4v) is 2.89. The van der Waals surface area contributed by atoms with Gasteiger partial charge < -0.3 is 15.4 Å². The zero-order valence-electron chi connectivity index (χ0n) is 14.3. The number of benzene rings is 1. The van der Waals surface area contributed by atoms with Crippen LogP contribution in [-0.4, -0.2) is 25.6 Å². The molecule has 2 rings (SSSR count). The molecule has 0 atom stereocenters. The van der Waals surface area contributed by atoms with Crippen LogP contribution in [-0.2, 0) is 4.79 Å². The number of ether oxygens (including phenoxy) is 1. The third-order valence-corrected chi connectivity index (χ3v) is 4.33. The third-order valence-electron chi connectivity index (χ3n) is 4.33. The summed E-state index contributed by atoms with van der Waals surface area (Å²) in [4.78, 5) is 12.3. The number of carbonyl (C=O) groups excluding carboxylic acids is 1. The molecule has 0 spiro atoms. The average molecular weight is 318 g/mol. The lowest BCUT2D eigenvalue weighted by molar-refractivity contribution is -0.120. The molecule has 1 saturated heterocycles. The molecule has 0 saturated carbocycles. The van der Waals surface area contributed by atoms with Gasteiger partial charge in [-0.1, -0.05) is 38.7 Å². The highest BCUT2D eigenvalue weighted by Gasteiger charge is 2.20. The number of piperidine rings is 1. The Morgan fingerprint density at radius 1 is 1.22 bits per heavy atom. The van der Waals surface area contributed by atoms with Crippen LogP contribution in [0.25, 0.3) is 0 Å². The molecule has 4 heteroatoms. The van der Waals surface area contributed by atoms with E-state index >= 15 is 0 Å². The van der Waals surface area contributed by atoms with Gasteiger partial charge in [0.1, 0.15) is 5.75 Å². The molecule has 1 aliphatic rings. The quantitative estimate of drug-likeness (QED) is 0.677. The van der Waals surface area contributed by atoms with Crippen LogP contribution in [0.3, 0.4) is 0 Å². The van der Waals surface area contributed by atoms with Gasteiger partial charge in [0.15, 0.2) is 0 Å². The van der Waals surface area contributed by atoms with E-state index in [0.717, 1.165) is 50.4 Å². The number of rotatable bonds is 9. The van der Waals surface area contributed by atoms with E-state index in [1.807, 2.05) is 24.3 Å². The second-order valence-electron chi connectivity index (χ2n) is 6.30. The average Bonchev–Trinajstić information content (AvgIpc) is 2.59. The number of anilines is 1. The molecule has 1 heterocycles. The number of hydrogen-bond acceptors (Lipinski definition) is 3. The predicted molar refractivity (Wildman–Crippen MR) is 94.9 cm³/mol. The van der Waals surface area contributed by atoms with Crippen LogP contribution in [0.1, 0.15) is 51.9 Å². The summed E-state index contributed by atoms with van der Waals surface area (Å²) in [7, 11) is 0. The largest absolute Gasteiger partial charge is 0.494 e. The summed E-state index contributed by atoms with van der Waals surface area (Å²) in [6.07, 6.45) is 8.00.